The fraction of sp³-hybridized carbons (Fsp3) is 0.704. The van der Waals surface area contributed by atoms with Gasteiger partial charge >= 0.3 is 25.8 Å². The molecular weight excluding hydrogens is 503 g/mol. The van der Waals surface area contributed by atoms with Crippen LogP contribution in [0.15, 0.2) is 24.3 Å². The monoisotopic (exact) mass is 556 g/mol. The van der Waals surface area contributed by atoms with Gasteiger partial charge in [0, 0.05) is 0 Å². The number of fused-ring (bicyclic) bond motifs is 1. The minimum atomic E-state index is 0. The SMILES string of the molecule is CC(C)CC1CCC2C=CC=CC21.CC1C(C)C(C)C(C)C1C.[CH3-].[CH3-].[CH3-].[CH3-].[Hf+4]. The van der Waals surface area contributed by atoms with Crippen LogP contribution in [0.3, 0.4) is 0 Å². The Morgan fingerprint density at radius 1 is 0.679 bits per heavy atom. The van der Waals surface area contributed by atoms with Crippen molar-refractivity contribution in [1.82, 2.24) is 0 Å². The van der Waals surface area contributed by atoms with Gasteiger partial charge in [0.25, 0.3) is 0 Å². The molecule has 0 amide bonds. The van der Waals surface area contributed by atoms with E-state index in [0.717, 1.165) is 53.3 Å². The van der Waals surface area contributed by atoms with E-state index >= 15 is 0 Å². The van der Waals surface area contributed by atoms with Gasteiger partial charge < -0.3 is 29.7 Å². The fourth-order valence-corrected chi connectivity index (χ4v) is 5.34. The van der Waals surface area contributed by atoms with Crippen molar-refractivity contribution < 1.29 is 25.8 Å². The molecule has 3 aliphatic carbocycles. The first kappa shape index (κ1) is 35.8. The zero-order chi connectivity index (χ0) is 17.1. The minimum Gasteiger partial charge on any atom is -0.358 e. The van der Waals surface area contributed by atoms with E-state index in [1.807, 2.05) is 0 Å². The molecule has 0 aromatic heterocycles. The third kappa shape index (κ3) is 8.61. The van der Waals surface area contributed by atoms with Gasteiger partial charge in [-0.2, -0.15) is 0 Å². The maximum Gasteiger partial charge on any atom is 4.00 e. The Bertz CT molecular complexity index is 377. The summed E-state index contributed by atoms with van der Waals surface area (Å²) in [6.45, 7) is 16.7. The number of hydrogen-bond donors (Lipinski definition) is 0. The molecule has 164 valence electrons. The molecule has 3 unspecified atom stereocenters. The topological polar surface area (TPSA) is 0 Å². The van der Waals surface area contributed by atoms with Crippen LogP contribution in [0.4, 0.5) is 0 Å². The average Bonchev–Trinajstić information content (AvgIpc) is 3.00. The summed E-state index contributed by atoms with van der Waals surface area (Å²) in [5.74, 6) is 8.24. The van der Waals surface area contributed by atoms with Crippen LogP contribution in [-0.4, -0.2) is 0 Å². The van der Waals surface area contributed by atoms with E-state index in [9.17, 15) is 0 Å². The molecule has 0 spiro atoms. The molecule has 0 aromatic carbocycles. The number of hydrogen-bond acceptors (Lipinski definition) is 0. The molecule has 2 fully saturated rings. The van der Waals surface area contributed by atoms with Gasteiger partial charge in [0.05, 0.1) is 0 Å². The van der Waals surface area contributed by atoms with Gasteiger partial charge in [-0.3, -0.25) is 0 Å². The smallest absolute Gasteiger partial charge is 0.358 e. The first-order chi connectivity index (χ1) is 10.8. The first-order valence-corrected chi connectivity index (χ1v) is 10.2. The van der Waals surface area contributed by atoms with Gasteiger partial charge in [-0.25, -0.2) is 0 Å². The van der Waals surface area contributed by atoms with E-state index in [-0.39, 0.29) is 55.5 Å². The maximum atomic E-state index is 2.44. The molecule has 0 aromatic rings. The summed E-state index contributed by atoms with van der Waals surface area (Å²) in [7, 11) is 0. The van der Waals surface area contributed by atoms with Gasteiger partial charge in [-0.05, 0) is 72.5 Å². The number of allylic oxidation sites excluding steroid dienone is 4. The quantitative estimate of drug-likeness (QED) is 0.236. The van der Waals surface area contributed by atoms with Crippen LogP contribution in [0.25, 0.3) is 0 Å². The van der Waals surface area contributed by atoms with Gasteiger partial charge in [0.2, 0.25) is 0 Å². The molecule has 0 N–H and O–H groups in total. The van der Waals surface area contributed by atoms with E-state index in [0.29, 0.717) is 0 Å². The molecule has 3 aliphatic rings. The Hall–Kier alpha value is 0.350. The standard InChI is InChI=1S/C13H20.C10H20.4CH3.Hf/c1-10(2)9-12-8-7-11-5-3-4-6-13(11)12;1-6-7(2)9(4)10(5)8(6)3;;;;;/h3-6,10-13H,7-9H2,1-2H3;6-10H,1-5H3;4*1H3;/q;;4*-1;+4. The molecule has 0 bridgehead atoms. The molecule has 0 saturated heterocycles. The third-order valence-corrected chi connectivity index (χ3v) is 7.63. The summed E-state index contributed by atoms with van der Waals surface area (Å²) in [6, 6.07) is 0. The van der Waals surface area contributed by atoms with Gasteiger partial charge in [0.15, 0.2) is 0 Å². The second-order valence-corrected chi connectivity index (χ2v) is 9.27. The van der Waals surface area contributed by atoms with Gasteiger partial charge in [-0.15, -0.1) is 0 Å². The van der Waals surface area contributed by atoms with Crippen LogP contribution in [0.2, 0.25) is 0 Å². The molecular formula is C27H52Hf. The Morgan fingerprint density at radius 3 is 1.46 bits per heavy atom. The van der Waals surface area contributed by atoms with Crippen LogP contribution >= 0.6 is 0 Å². The van der Waals surface area contributed by atoms with Crippen LogP contribution in [0, 0.1) is 83.0 Å². The predicted octanol–water partition coefficient (Wildman–Crippen LogP) is 8.78. The summed E-state index contributed by atoms with van der Waals surface area (Å²) < 4.78 is 0. The zero-order valence-electron chi connectivity index (χ0n) is 21.1. The Morgan fingerprint density at radius 2 is 1.07 bits per heavy atom. The van der Waals surface area contributed by atoms with Crippen molar-refractivity contribution in [2.45, 2.75) is 67.7 Å². The van der Waals surface area contributed by atoms with Crippen molar-refractivity contribution in [2.24, 2.45) is 53.3 Å². The largest absolute Gasteiger partial charge is 4.00 e. The van der Waals surface area contributed by atoms with Crippen molar-refractivity contribution in [2.75, 3.05) is 0 Å². The zero-order valence-corrected chi connectivity index (χ0v) is 24.7. The first-order valence-electron chi connectivity index (χ1n) is 10.2. The van der Waals surface area contributed by atoms with Crippen LogP contribution in [0.1, 0.15) is 67.7 Å². The molecule has 0 heterocycles. The predicted molar refractivity (Wildman–Crippen MR) is 129 cm³/mol. The number of rotatable bonds is 2. The summed E-state index contributed by atoms with van der Waals surface area (Å²) in [6.07, 6.45) is 13.6. The van der Waals surface area contributed by atoms with Crippen molar-refractivity contribution >= 4 is 0 Å². The summed E-state index contributed by atoms with van der Waals surface area (Å²) in [5.41, 5.74) is 0. The van der Waals surface area contributed by atoms with Crippen molar-refractivity contribution in [1.29, 1.82) is 0 Å². The van der Waals surface area contributed by atoms with E-state index in [1.54, 1.807) is 0 Å². The second kappa shape index (κ2) is 16.1. The van der Waals surface area contributed by atoms with Crippen LogP contribution in [0.5, 0.6) is 0 Å². The molecule has 0 aliphatic heterocycles. The van der Waals surface area contributed by atoms with Crippen molar-refractivity contribution in [3.05, 3.63) is 54.0 Å². The van der Waals surface area contributed by atoms with Gasteiger partial charge in [0.1, 0.15) is 0 Å². The summed E-state index contributed by atoms with van der Waals surface area (Å²) in [4.78, 5) is 0. The molecule has 0 radical (unpaired) electrons. The van der Waals surface area contributed by atoms with Crippen molar-refractivity contribution in [3.8, 4) is 0 Å². The van der Waals surface area contributed by atoms with E-state index < -0.39 is 0 Å². The molecule has 1 heteroatoms. The van der Waals surface area contributed by atoms with Crippen LogP contribution < -0.4 is 0 Å². The summed E-state index contributed by atoms with van der Waals surface area (Å²) in [5, 5.41) is 0. The molecule has 28 heavy (non-hydrogen) atoms. The normalized spacial score (nSPS) is 37.0. The fourth-order valence-electron chi connectivity index (χ4n) is 5.34. The maximum absolute atomic E-state index is 2.44. The Kier molecular flexibility index (Phi) is 20.6. The molecule has 0 nitrogen and oxygen atoms in total. The second-order valence-electron chi connectivity index (χ2n) is 9.27. The Labute approximate surface area is 200 Å². The van der Waals surface area contributed by atoms with Crippen LogP contribution in [-0.2, 0) is 25.8 Å². The molecule has 3 rings (SSSR count). The molecule has 3 atom stereocenters. The Balaban J connectivity index is -0.000000179. The van der Waals surface area contributed by atoms with E-state index in [4.69, 9.17) is 0 Å². The van der Waals surface area contributed by atoms with Gasteiger partial charge in [-0.1, -0.05) is 72.8 Å². The van der Waals surface area contributed by atoms with E-state index in [1.165, 1.54) is 19.3 Å². The molecule has 2 saturated carbocycles. The van der Waals surface area contributed by atoms with E-state index in [2.05, 4.69) is 72.8 Å². The average molecular weight is 555 g/mol. The van der Waals surface area contributed by atoms with Crippen molar-refractivity contribution in [3.63, 3.8) is 0 Å². The summed E-state index contributed by atoms with van der Waals surface area (Å²) >= 11 is 0. The third-order valence-electron chi connectivity index (χ3n) is 7.63. The minimum absolute atomic E-state index is 0.